The summed E-state index contributed by atoms with van der Waals surface area (Å²) in [5.74, 6) is 0.622. The maximum absolute atomic E-state index is 5.45. The molecule has 0 aromatic heterocycles. The van der Waals surface area contributed by atoms with E-state index in [1.807, 2.05) is 7.05 Å². The van der Waals surface area contributed by atoms with E-state index in [1.165, 1.54) is 17.5 Å². The van der Waals surface area contributed by atoms with Gasteiger partial charge in [-0.05, 0) is 26.0 Å². The molecule has 1 heterocycles. The third-order valence-electron chi connectivity index (χ3n) is 3.15. The Morgan fingerprint density at radius 1 is 1.47 bits per heavy atom. The van der Waals surface area contributed by atoms with Crippen molar-refractivity contribution in [2.24, 2.45) is 5.92 Å². The number of nitrogens with one attached hydrogen (secondary N) is 1. The highest BCUT2D eigenvalue weighted by atomic mass is 16.5. The van der Waals surface area contributed by atoms with Crippen LogP contribution in [-0.4, -0.2) is 20.3 Å². The van der Waals surface area contributed by atoms with Gasteiger partial charge >= 0.3 is 0 Å². The van der Waals surface area contributed by atoms with Gasteiger partial charge in [0.25, 0.3) is 0 Å². The lowest BCUT2D eigenvalue weighted by atomic mass is 9.92. The minimum Gasteiger partial charge on any atom is -0.381 e. The van der Waals surface area contributed by atoms with Crippen LogP contribution in [0, 0.1) is 12.8 Å². The quantitative estimate of drug-likeness (QED) is 0.817. The second-order valence-electron chi connectivity index (χ2n) is 4.30. The van der Waals surface area contributed by atoms with Gasteiger partial charge in [0.2, 0.25) is 0 Å². The van der Waals surface area contributed by atoms with E-state index in [0.717, 1.165) is 13.2 Å². The average Bonchev–Trinajstić information content (AvgIpc) is 2.72. The summed E-state index contributed by atoms with van der Waals surface area (Å²) in [5, 5.41) is 3.41. The maximum Gasteiger partial charge on any atom is 0.0513 e. The smallest absolute Gasteiger partial charge is 0.0513 e. The number of hydrogen-bond donors (Lipinski definition) is 1. The molecule has 1 saturated heterocycles. The number of aryl methyl sites for hydroxylation is 1. The van der Waals surface area contributed by atoms with Crippen LogP contribution >= 0.6 is 0 Å². The van der Waals surface area contributed by atoms with Crippen LogP contribution in [0.1, 0.15) is 23.6 Å². The zero-order valence-electron chi connectivity index (χ0n) is 9.49. The van der Waals surface area contributed by atoms with Gasteiger partial charge in [-0.2, -0.15) is 0 Å². The molecule has 0 amide bonds. The monoisotopic (exact) mass is 205 g/mol. The number of rotatable bonds is 3. The molecule has 0 bridgehead atoms. The van der Waals surface area contributed by atoms with Gasteiger partial charge in [-0.1, -0.05) is 29.8 Å². The largest absolute Gasteiger partial charge is 0.381 e. The van der Waals surface area contributed by atoms with E-state index in [0.29, 0.717) is 12.0 Å². The Morgan fingerprint density at radius 3 is 2.93 bits per heavy atom. The van der Waals surface area contributed by atoms with Gasteiger partial charge in [0.15, 0.2) is 0 Å². The minimum absolute atomic E-state index is 0.437. The summed E-state index contributed by atoms with van der Waals surface area (Å²) >= 11 is 0. The first-order chi connectivity index (χ1) is 7.31. The van der Waals surface area contributed by atoms with E-state index in [-0.39, 0.29) is 0 Å². The van der Waals surface area contributed by atoms with Crippen LogP contribution in [0.25, 0.3) is 0 Å². The van der Waals surface area contributed by atoms with Crippen LogP contribution in [-0.2, 0) is 4.74 Å². The molecular formula is C13H19NO. The molecular weight excluding hydrogens is 186 g/mol. The normalized spacial score (nSPS) is 22.9. The lowest BCUT2D eigenvalue weighted by molar-refractivity contribution is 0.178. The third kappa shape index (κ3) is 2.39. The van der Waals surface area contributed by atoms with Crippen molar-refractivity contribution in [1.29, 1.82) is 0 Å². The SMILES string of the molecule is CNC(c1cccc(C)c1)C1CCOC1. The summed E-state index contributed by atoms with van der Waals surface area (Å²) in [6, 6.07) is 9.17. The summed E-state index contributed by atoms with van der Waals surface area (Å²) < 4.78 is 5.45. The molecule has 1 aromatic rings. The van der Waals surface area contributed by atoms with Crippen LogP contribution in [0.2, 0.25) is 0 Å². The number of hydrogen-bond acceptors (Lipinski definition) is 2. The molecule has 1 fully saturated rings. The molecule has 1 aliphatic heterocycles. The fraction of sp³-hybridized carbons (Fsp3) is 0.538. The predicted octanol–water partition coefficient (Wildman–Crippen LogP) is 2.29. The second-order valence-corrected chi connectivity index (χ2v) is 4.30. The molecule has 0 aliphatic carbocycles. The predicted molar refractivity (Wildman–Crippen MR) is 61.9 cm³/mol. The zero-order valence-corrected chi connectivity index (χ0v) is 9.49. The van der Waals surface area contributed by atoms with E-state index in [1.54, 1.807) is 0 Å². The van der Waals surface area contributed by atoms with Gasteiger partial charge in [-0.3, -0.25) is 0 Å². The summed E-state index contributed by atoms with van der Waals surface area (Å²) in [7, 11) is 2.03. The fourth-order valence-electron chi connectivity index (χ4n) is 2.35. The molecule has 2 unspecified atom stereocenters. The molecule has 2 heteroatoms. The minimum atomic E-state index is 0.437. The van der Waals surface area contributed by atoms with Gasteiger partial charge in [0, 0.05) is 18.6 Å². The van der Waals surface area contributed by atoms with E-state index in [2.05, 4.69) is 36.5 Å². The van der Waals surface area contributed by atoms with Gasteiger partial charge in [-0.25, -0.2) is 0 Å². The fourth-order valence-corrected chi connectivity index (χ4v) is 2.35. The van der Waals surface area contributed by atoms with E-state index < -0.39 is 0 Å². The first-order valence-electron chi connectivity index (χ1n) is 5.63. The molecule has 82 valence electrons. The van der Waals surface area contributed by atoms with Crippen molar-refractivity contribution in [3.63, 3.8) is 0 Å². The topological polar surface area (TPSA) is 21.3 Å². The third-order valence-corrected chi connectivity index (χ3v) is 3.15. The van der Waals surface area contributed by atoms with E-state index in [4.69, 9.17) is 4.74 Å². The molecule has 2 rings (SSSR count). The zero-order chi connectivity index (χ0) is 10.7. The molecule has 0 spiro atoms. The van der Waals surface area contributed by atoms with Gasteiger partial charge in [0.1, 0.15) is 0 Å². The Bertz CT molecular complexity index is 318. The highest BCUT2D eigenvalue weighted by molar-refractivity contribution is 5.25. The molecule has 1 aliphatic rings. The maximum atomic E-state index is 5.45. The van der Waals surface area contributed by atoms with Crippen LogP contribution in [0.4, 0.5) is 0 Å². The van der Waals surface area contributed by atoms with Crippen LogP contribution in [0.5, 0.6) is 0 Å². The highest BCUT2D eigenvalue weighted by Gasteiger charge is 2.25. The Kier molecular flexibility index (Phi) is 3.39. The standard InChI is InChI=1S/C13H19NO/c1-10-4-3-5-11(8-10)13(14-2)12-6-7-15-9-12/h3-5,8,12-14H,6-7,9H2,1-2H3. The molecule has 15 heavy (non-hydrogen) atoms. The Morgan fingerprint density at radius 2 is 2.33 bits per heavy atom. The molecule has 1 N–H and O–H groups in total. The summed E-state index contributed by atoms with van der Waals surface area (Å²) in [5.41, 5.74) is 2.71. The first kappa shape index (κ1) is 10.7. The van der Waals surface area contributed by atoms with Crippen molar-refractivity contribution in [3.05, 3.63) is 35.4 Å². The van der Waals surface area contributed by atoms with Crippen LogP contribution in [0.3, 0.4) is 0 Å². The number of ether oxygens (including phenoxy) is 1. The molecule has 0 saturated carbocycles. The summed E-state index contributed by atoms with van der Waals surface area (Å²) in [6.07, 6.45) is 1.17. The lowest BCUT2D eigenvalue weighted by Gasteiger charge is -2.22. The van der Waals surface area contributed by atoms with Gasteiger partial charge in [0.05, 0.1) is 6.61 Å². The van der Waals surface area contributed by atoms with Crippen molar-refractivity contribution in [3.8, 4) is 0 Å². The Balaban J connectivity index is 2.18. The Hall–Kier alpha value is -0.860. The van der Waals surface area contributed by atoms with Crippen molar-refractivity contribution >= 4 is 0 Å². The van der Waals surface area contributed by atoms with Crippen molar-refractivity contribution in [2.45, 2.75) is 19.4 Å². The van der Waals surface area contributed by atoms with E-state index >= 15 is 0 Å². The lowest BCUT2D eigenvalue weighted by Crippen LogP contribution is -2.25. The Labute approximate surface area is 91.6 Å². The van der Waals surface area contributed by atoms with Crippen LogP contribution in [0.15, 0.2) is 24.3 Å². The number of benzene rings is 1. The highest BCUT2D eigenvalue weighted by Crippen LogP contribution is 2.28. The second kappa shape index (κ2) is 4.77. The van der Waals surface area contributed by atoms with Gasteiger partial charge in [-0.15, -0.1) is 0 Å². The molecule has 2 nitrogen and oxygen atoms in total. The average molecular weight is 205 g/mol. The summed E-state index contributed by atoms with van der Waals surface area (Å²) in [4.78, 5) is 0. The van der Waals surface area contributed by atoms with Crippen molar-refractivity contribution in [1.82, 2.24) is 5.32 Å². The van der Waals surface area contributed by atoms with Crippen molar-refractivity contribution in [2.75, 3.05) is 20.3 Å². The molecule has 0 radical (unpaired) electrons. The molecule has 2 atom stereocenters. The summed E-state index contributed by atoms with van der Waals surface area (Å²) in [6.45, 7) is 3.94. The molecule has 1 aromatic carbocycles. The van der Waals surface area contributed by atoms with Crippen molar-refractivity contribution < 1.29 is 4.74 Å². The van der Waals surface area contributed by atoms with Crippen LogP contribution < -0.4 is 5.32 Å². The van der Waals surface area contributed by atoms with Gasteiger partial charge < -0.3 is 10.1 Å². The van der Waals surface area contributed by atoms with E-state index in [9.17, 15) is 0 Å². The first-order valence-corrected chi connectivity index (χ1v) is 5.63.